The van der Waals surface area contributed by atoms with Gasteiger partial charge in [0.05, 0.1) is 9.86 Å². The Hall–Kier alpha value is -1.56. The fraction of sp³-hybridized carbons (Fsp3) is 0.200. The van der Waals surface area contributed by atoms with Crippen LogP contribution >= 0.6 is 15.9 Å². The van der Waals surface area contributed by atoms with Gasteiger partial charge in [-0.25, -0.2) is 4.98 Å². The van der Waals surface area contributed by atoms with Crippen molar-refractivity contribution in [1.29, 1.82) is 0 Å². The number of hydrogen-bond acceptors (Lipinski definition) is 4. The second-order valence-corrected chi connectivity index (χ2v) is 4.33. The minimum Gasteiger partial charge on any atom is -0.452 e. The van der Waals surface area contributed by atoms with E-state index in [1.54, 1.807) is 13.0 Å². The molecule has 6 heteroatoms. The van der Waals surface area contributed by atoms with Crippen molar-refractivity contribution in [1.82, 2.24) is 9.97 Å². The van der Waals surface area contributed by atoms with Crippen LogP contribution in [0.15, 0.2) is 15.3 Å². The molecular formula is C10H7BrN2O3. The molecule has 0 unspecified atom stereocenters. The van der Waals surface area contributed by atoms with Crippen molar-refractivity contribution in [3.8, 4) is 11.5 Å². The number of rotatable bonds is 0. The van der Waals surface area contributed by atoms with Gasteiger partial charge in [0.15, 0.2) is 11.5 Å². The predicted molar refractivity (Wildman–Crippen MR) is 60.9 cm³/mol. The molecule has 0 aliphatic carbocycles. The van der Waals surface area contributed by atoms with E-state index in [4.69, 9.17) is 9.47 Å². The van der Waals surface area contributed by atoms with Gasteiger partial charge in [-0.15, -0.1) is 0 Å². The fourth-order valence-electron chi connectivity index (χ4n) is 1.73. The molecule has 0 saturated carbocycles. The van der Waals surface area contributed by atoms with Crippen LogP contribution < -0.4 is 15.0 Å². The first kappa shape index (κ1) is 9.65. The van der Waals surface area contributed by atoms with Crippen LogP contribution in [0.25, 0.3) is 10.9 Å². The van der Waals surface area contributed by atoms with E-state index < -0.39 is 0 Å². The summed E-state index contributed by atoms with van der Waals surface area (Å²) in [5, 5.41) is 0.488. The molecule has 1 N–H and O–H groups in total. The lowest BCUT2D eigenvalue weighted by Crippen LogP contribution is -2.09. The van der Waals surface area contributed by atoms with Crippen LogP contribution in [0.3, 0.4) is 0 Å². The number of aromatic amines is 1. The summed E-state index contributed by atoms with van der Waals surface area (Å²) < 4.78 is 11.3. The zero-order chi connectivity index (χ0) is 11.3. The monoisotopic (exact) mass is 282 g/mol. The van der Waals surface area contributed by atoms with Gasteiger partial charge in [0.2, 0.25) is 6.79 Å². The number of fused-ring (bicyclic) bond motifs is 3. The Morgan fingerprint density at radius 3 is 3.00 bits per heavy atom. The molecule has 0 spiro atoms. The van der Waals surface area contributed by atoms with E-state index in [9.17, 15) is 4.79 Å². The highest BCUT2D eigenvalue weighted by molar-refractivity contribution is 9.10. The molecular weight excluding hydrogens is 276 g/mol. The van der Waals surface area contributed by atoms with Gasteiger partial charge in [0.1, 0.15) is 11.3 Å². The molecule has 1 aliphatic rings. The van der Waals surface area contributed by atoms with E-state index in [0.717, 1.165) is 0 Å². The number of benzene rings is 1. The van der Waals surface area contributed by atoms with Gasteiger partial charge in [-0.3, -0.25) is 4.79 Å². The standard InChI is InChI=1S/C10H7BrN2O3/c1-4-12-7-5(10(14)13-4)2-6(11)8-9(7)16-3-15-8/h2H,3H2,1H3,(H,12,13,14). The molecule has 5 nitrogen and oxygen atoms in total. The van der Waals surface area contributed by atoms with E-state index >= 15 is 0 Å². The first-order valence-corrected chi connectivity index (χ1v) is 5.45. The minimum absolute atomic E-state index is 0.153. The van der Waals surface area contributed by atoms with Gasteiger partial charge in [-0.2, -0.15) is 0 Å². The van der Waals surface area contributed by atoms with Gasteiger partial charge in [0, 0.05) is 0 Å². The third kappa shape index (κ3) is 1.23. The molecule has 0 atom stereocenters. The summed E-state index contributed by atoms with van der Waals surface area (Å²) in [5.74, 6) is 1.68. The molecule has 0 saturated heterocycles. The molecule has 0 amide bonds. The number of aromatic nitrogens is 2. The van der Waals surface area contributed by atoms with Crippen LogP contribution in [0.1, 0.15) is 5.82 Å². The van der Waals surface area contributed by atoms with E-state index in [0.29, 0.717) is 32.7 Å². The van der Waals surface area contributed by atoms with Crippen molar-refractivity contribution in [3.63, 3.8) is 0 Å². The van der Waals surface area contributed by atoms with Crippen LogP contribution in [-0.4, -0.2) is 16.8 Å². The molecule has 1 aromatic heterocycles. The largest absolute Gasteiger partial charge is 0.452 e. The van der Waals surface area contributed by atoms with Gasteiger partial charge < -0.3 is 14.5 Å². The average molecular weight is 283 g/mol. The van der Waals surface area contributed by atoms with Crippen LogP contribution in [-0.2, 0) is 0 Å². The quantitative estimate of drug-likeness (QED) is 0.799. The van der Waals surface area contributed by atoms with Crippen LogP contribution in [0, 0.1) is 6.92 Å². The van der Waals surface area contributed by atoms with Gasteiger partial charge in [-0.1, -0.05) is 0 Å². The lowest BCUT2D eigenvalue weighted by molar-refractivity contribution is 0.174. The molecule has 0 radical (unpaired) electrons. The second-order valence-electron chi connectivity index (χ2n) is 3.47. The third-order valence-corrected chi connectivity index (χ3v) is 2.98. The Labute approximate surface area is 98.5 Å². The molecule has 3 rings (SSSR count). The zero-order valence-corrected chi connectivity index (χ0v) is 9.92. The first-order valence-electron chi connectivity index (χ1n) is 4.65. The number of halogens is 1. The van der Waals surface area contributed by atoms with Crippen molar-refractivity contribution in [2.24, 2.45) is 0 Å². The maximum absolute atomic E-state index is 11.7. The van der Waals surface area contributed by atoms with Crippen molar-refractivity contribution in [2.75, 3.05) is 6.79 Å². The first-order chi connectivity index (χ1) is 7.66. The van der Waals surface area contributed by atoms with Crippen molar-refractivity contribution in [3.05, 3.63) is 26.7 Å². The van der Waals surface area contributed by atoms with Gasteiger partial charge in [-0.05, 0) is 28.9 Å². The summed E-state index contributed by atoms with van der Waals surface area (Å²) in [4.78, 5) is 18.7. The molecule has 82 valence electrons. The maximum Gasteiger partial charge on any atom is 0.258 e. The smallest absolute Gasteiger partial charge is 0.258 e. The summed E-state index contributed by atoms with van der Waals surface area (Å²) in [5.41, 5.74) is 0.360. The molecule has 2 heterocycles. The SMILES string of the molecule is Cc1nc2c3c(c(Br)cc2c(=O)[nH]1)OCO3. The lowest BCUT2D eigenvalue weighted by Gasteiger charge is -2.04. The summed E-state index contributed by atoms with van der Waals surface area (Å²) in [6.07, 6.45) is 0. The molecule has 1 aliphatic heterocycles. The Balaban J connectivity index is 2.53. The molecule has 16 heavy (non-hydrogen) atoms. The lowest BCUT2D eigenvalue weighted by atomic mass is 10.2. The normalized spacial score (nSPS) is 13.4. The average Bonchev–Trinajstić information content (AvgIpc) is 2.69. The topological polar surface area (TPSA) is 64.2 Å². The van der Waals surface area contributed by atoms with Crippen LogP contribution in [0.2, 0.25) is 0 Å². The Morgan fingerprint density at radius 1 is 1.44 bits per heavy atom. The third-order valence-electron chi connectivity index (χ3n) is 2.39. The predicted octanol–water partition coefficient (Wildman–Crippen LogP) is 1.72. The van der Waals surface area contributed by atoms with Crippen molar-refractivity contribution in [2.45, 2.75) is 6.92 Å². The van der Waals surface area contributed by atoms with E-state index in [2.05, 4.69) is 25.9 Å². The number of hydrogen-bond donors (Lipinski definition) is 1. The van der Waals surface area contributed by atoms with Crippen molar-refractivity contribution >= 4 is 26.8 Å². The minimum atomic E-state index is -0.179. The molecule has 2 aromatic rings. The Bertz CT molecular complexity index is 651. The fourth-order valence-corrected chi connectivity index (χ4v) is 2.25. The molecule has 0 bridgehead atoms. The number of H-pyrrole nitrogens is 1. The number of ether oxygens (including phenoxy) is 2. The Kier molecular flexibility index (Phi) is 1.94. The molecule has 0 fully saturated rings. The summed E-state index contributed by atoms with van der Waals surface area (Å²) >= 11 is 3.34. The van der Waals surface area contributed by atoms with Gasteiger partial charge >= 0.3 is 0 Å². The Morgan fingerprint density at radius 2 is 2.19 bits per heavy atom. The van der Waals surface area contributed by atoms with E-state index in [1.807, 2.05) is 0 Å². The molecule has 1 aromatic carbocycles. The second kappa shape index (κ2) is 3.21. The van der Waals surface area contributed by atoms with E-state index in [1.165, 1.54) is 0 Å². The van der Waals surface area contributed by atoms with Crippen LogP contribution in [0.5, 0.6) is 11.5 Å². The number of nitrogens with zero attached hydrogens (tertiary/aromatic N) is 1. The zero-order valence-electron chi connectivity index (χ0n) is 8.33. The van der Waals surface area contributed by atoms with Gasteiger partial charge in [0.25, 0.3) is 5.56 Å². The summed E-state index contributed by atoms with van der Waals surface area (Å²) in [7, 11) is 0. The highest BCUT2D eigenvalue weighted by atomic mass is 79.9. The van der Waals surface area contributed by atoms with Crippen molar-refractivity contribution < 1.29 is 9.47 Å². The summed E-state index contributed by atoms with van der Waals surface area (Å²) in [6.45, 7) is 1.88. The van der Waals surface area contributed by atoms with E-state index in [-0.39, 0.29) is 12.4 Å². The maximum atomic E-state index is 11.7. The highest BCUT2D eigenvalue weighted by Crippen LogP contribution is 2.43. The highest BCUT2D eigenvalue weighted by Gasteiger charge is 2.22. The number of nitrogens with one attached hydrogen (secondary N) is 1. The number of aryl methyl sites for hydroxylation is 1. The van der Waals surface area contributed by atoms with Crippen LogP contribution in [0.4, 0.5) is 0 Å². The summed E-state index contributed by atoms with van der Waals surface area (Å²) in [6, 6.07) is 1.69.